The van der Waals surface area contributed by atoms with E-state index in [9.17, 15) is 18.0 Å². The number of sulfonamides is 1. The van der Waals surface area contributed by atoms with Gasteiger partial charge < -0.3 is 10.1 Å². The van der Waals surface area contributed by atoms with E-state index in [4.69, 9.17) is 0 Å². The maximum Gasteiger partial charge on any atom is 0.241 e. The number of hydrogen-bond donors (Lipinski definition) is 2. The van der Waals surface area contributed by atoms with E-state index in [0.29, 0.717) is 23.9 Å². The first-order chi connectivity index (χ1) is 12.7. The Bertz CT molecular complexity index is 848. The van der Waals surface area contributed by atoms with Gasteiger partial charge in [-0.25, -0.2) is 13.1 Å². The molecule has 4 fully saturated rings. The fourth-order valence-corrected chi connectivity index (χ4v) is 7.48. The number of rotatable bonds is 7. The number of carbonyl (C=O) groups is 2. The summed E-state index contributed by atoms with van der Waals surface area (Å²) in [5, 5.41) is 3.41. The summed E-state index contributed by atoms with van der Waals surface area (Å²) in [6.45, 7) is 1.78. The largest absolute Gasteiger partial charge is 0.305 e. The molecule has 1 aromatic rings. The van der Waals surface area contributed by atoms with Gasteiger partial charge in [0.15, 0.2) is 5.78 Å². The van der Waals surface area contributed by atoms with Crippen molar-refractivity contribution in [3.8, 4) is 0 Å². The molecule has 0 heterocycles. The van der Waals surface area contributed by atoms with Gasteiger partial charge in [-0.15, -0.1) is 0 Å². The van der Waals surface area contributed by atoms with E-state index in [1.54, 1.807) is 12.1 Å². The van der Waals surface area contributed by atoms with Crippen LogP contribution in [0, 0.1) is 11.8 Å². The molecule has 0 amide bonds. The van der Waals surface area contributed by atoms with Crippen molar-refractivity contribution in [2.45, 2.75) is 61.4 Å². The van der Waals surface area contributed by atoms with E-state index < -0.39 is 15.6 Å². The molecule has 7 heteroatoms. The summed E-state index contributed by atoms with van der Waals surface area (Å²) < 4.78 is 29.1. The smallest absolute Gasteiger partial charge is 0.241 e. The lowest BCUT2D eigenvalue weighted by Gasteiger charge is -2.62. The maximum absolute atomic E-state index is 13.0. The summed E-state index contributed by atoms with van der Waals surface area (Å²) in [4.78, 5) is 22.5. The van der Waals surface area contributed by atoms with Gasteiger partial charge in [-0.05, 0) is 69.4 Å². The van der Waals surface area contributed by atoms with Crippen molar-refractivity contribution in [3.63, 3.8) is 0 Å². The Hall–Kier alpha value is -1.57. The zero-order chi connectivity index (χ0) is 19.3. The summed E-state index contributed by atoms with van der Waals surface area (Å²) in [6.07, 6.45) is 6.53. The second-order valence-corrected chi connectivity index (χ2v) is 10.4. The topological polar surface area (TPSA) is 92.3 Å². The van der Waals surface area contributed by atoms with E-state index in [-0.39, 0.29) is 16.2 Å². The van der Waals surface area contributed by atoms with Gasteiger partial charge >= 0.3 is 0 Å². The summed E-state index contributed by atoms with van der Waals surface area (Å²) in [5.74, 6) is 0.901. The molecule has 6 nitrogen and oxygen atoms in total. The van der Waals surface area contributed by atoms with Gasteiger partial charge in [0.05, 0.1) is 11.4 Å². The predicted octanol–water partition coefficient (Wildman–Crippen LogP) is 2.05. The van der Waals surface area contributed by atoms with Gasteiger partial charge in [0.2, 0.25) is 10.0 Å². The lowest BCUT2D eigenvalue weighted by Crippen LogP contribution is -2.69. The quantitative estimate of drug-likeness (QED) is 0.549. The first kappa shape index (κ1) is 18.8. The van der Waals surface area contributed by atoms with E-state index in [2.05, 4.69) is 10.0 Å². The molecule has 4 saturated carbocycles. The summed E-state index contributed by atoms with van der Waals surface area (Å²) in [7, 11) is -3.67. The number of hydrogen-bond acceptors (Lipinski definition) is 5. The van der Waals surface area contributed by atoms with Crippen molar-refractivity contribution in [3.05, 3.63) is 29.8 Å². The zero-order valence-electron chi connectivity index (χ0n) is 15.5. The number of Topliss-reactive ketones (excluding diaryl/α,β-unsaturated/α-hetero) is 1. The normalized spacial score (nSPS) is 34.6. The summed E-state index contributed by atoms with van der Waals surface area (Å²) >= 11 is 0. The third-order valence-corrected chi connectivity index (χ3v) is 8.14. The molecule has 0 radical (unpaired) electrons. The first-order valence-electron chi connectivity index (χ1n) is 9.59. The van der Waals surface area contributed by atoms with Gasteiger partial charge in [0, 0.05) is 16.6 Å². The number of ketones is 1. The van der Waals surface area contributed by atoms with Crippen LogP contribution in [0.4, 0.5) is 0 Å². The molecule has 4 aliphatic carbocycles. The van der Waals surface area contributed by atoms with Gasteiger partial charge in [0.1, 0.15) is 6.29 Å². The fourth-order valence-electron chi connectivity index (χ4n) is 6.06. The highest BCUT2D eigenvalue weighted by atomic mass is 32.2. The minimum absolute atomic E-state index is 0.0869. The number of benzene rings is 1. The van der Waals surface area contributed by atoms with Crippen molar-refractivity contribution in [2.75, 3.05) is 6.54 Å². The van der Waals surface area contributed by atoms with Crippen LogP contribution in [0.15, 0.2) is 29.2 Å². The minimum atomic E-state index is -3.67. The standard InChI is InChI=1S/C20H26N2O4S/c1-14(24)17-2-4-18(5-3-17)27(25,26)22-20-11-15-8-16(12-20)10-19(9-15,13-20)21-6-7-23/h2-5,7,15-16,21-22H,6,8-13H2,1H3. The molecule has 4 bridgehead atoms. The molecule has 0 aliphatic heterocycles. The highest BCUT2D eigenvalue weighted by molar-refractivity contribution is 7.89. The third kappa shape index (κ3) is 3.48. The maximum atomic E-state index is 13.0. The second-order valence-electron chi connectivity index (χ2n) is 8.76. The van der Waals surface area contributed by atoms with Crippen molar-refractivity contribution < 1.29 is 18.0 Å². The monoisotopic (exact) mass is 390 g/mol. The third-order valence-electron chi connectivity index (χ3n) is 6.54. The molecule has 27 heavy (non-hydrogen) atoms. The van der Waals surface area contributed by atoms with Crippen LogP contribution in [-0.2, 0) is 14.8 Å². The molecule has 0 saturated heterocycles. The van der Waals surface area contributed by atoms with Crippen molar-refractivity contribution >= 4 is 22.1 Å². The Morgan fingerprint density at radius 3 is 2.26 bits per heavy atom. The molecule has 4 aliphatic rings. The summed E-state index contributed by atoms with van der Waals surface area (Å²) in [6, 6.07) is 6.12. The zero-order valence-corrected chi connectivity index (χ0v) is 16.3. The Labute approximate surface area is 160 Å². The number of nitrogens with one attached hydrogen (secondary N) is 2. The first-order valence-corrected chi connectivity index (χ1v) is 11.1. The van der Waals surface area contributed by atoms with Crippen LogP contribution in [0.1, 0.15) is 55.8 Å². The van der Waals surface area contributed by atoms with Crippen LogP contribution >= 0.6 is 0 Å². The van der Waals surface area contributed by atoms with Crippen LogP contribution in [0.25, 0.3) is 0 Å². The molecule has 1 aromatic carbocycles. The molecule has 2 unspecified atom stereocenters. The van der Waals surface area contributed by atoms with Crippen LogP contribution < -0.4 is 10.0 Å². The van der Waals surface area contributed by atoms with Crippen molar-refractivity contribution in [1.82, 2.24) is 10.0 Å². The van der Waals surface area contributed by atoms with Gasteiger partial charge in [0.25, 0.3) is 0 Å². The molecule has 5 rings (SSSR count). The van der Waals surface area contributed by atoms with E-state index >= 15 is 0 Å². The summed E-state index contributed by atoms with van der Waals surface area (Å²) in [5.41, 5.74) is -0.0786. The van der Waals surface area contributed by atoms with Gasteiger partial charge in [-0.3, -0.25) is 4.79 Å². The van der Waals surface area contributed by atoms with E-state index in [1.165, 1.54) is 19.1 Å². The van der Waals surface area contributed by atoms with E-state index in [0.717, 1.165) is 44.8 Å². The fraction of sp³-hybridized carbons (Fsp3) is 0.600. The van der Waals surface area contributed by atoms with Gasteiger partial charge in [-0.2, -0.15) is 0 Å². The number of aldehydes is 1. The Morgan fingerprint density at radius 1 is 1.11 bits per heavy atom. The van der Waals surface area contributed by atoms with Crippen molar-refractivity contribution in [2.24, 2.45) is 11.8 Å². The van der Waals surface area contributed by atoms with Crippen LogP contribution in [-0.4, -0.2) is 38.1 Å². The lowest BCUT2D eigenvalue weighted by atomic mass is 9.50. The second kappa shape index (κ2) is 6.50. The molecule has 0 spiro atoms. The molecular weight excluding hydrogens is 364 g/mol. The average Bonchev–Trinajstić information content (AvgIpc) is 2.58. The average molecular weight is 391 g/mol. The minimum Gasteiger partial charge on any atom is -0.305 e. The lowest BCUT2D eigenvalue weighted by molar-refractivity contribution is -0.108. The van der Waals surface area contributed by atoms with Crippen LogP contribution in [0.5, 0.6) is 0 Å². The highest BCUT2D eigenvalue weighted by Gasteiger charge is 2.58. The predicted molar refractivity (Wildman–Crippen MR) is 101 cm³/mol. The molecule has 146 valence electrons. The number of carbonyl (C=O) groups excluding carboxylic acids is 2. The van der Waals surface area contributed by atoms with Gasteiger partial charge in [-0.1, -0.05) is 12.1 Å². The van der Waals surface area contributed by atoms with Crippen molar-refractivity contribution in [1.29, 1.82) is 0 Å². The molecule has 2 atom stereocenters. The Morgan fingerprint density at radius 2 is 1.70 bits per heavy atom. The Balaban J connectivity index is 1.59. The SMILES string of the molecule is CC(=O)c1ccc(S(=O)(=O)NC23CC4CC(CC(NCC=O)(C4)C2)C3)cc1. The Kier molecular flexibility index (Phi) is 4.52. The van der Waals surface area contributed by atoms with E-state index in [1.807, 2.05) is 0 Å². The molecule has 2 N–H and O–H groups in total. The molecule has 0 aromatic heterocycles. The van der Waals surface area contributed by atoms with Crippen LogP contribution in [0.2, 0.25) is 0 Å². The molecular formula is C20H26N2O4S. The van der Waals surface area contributed by atoms with Crippen LogP contribution in [0.3, 0.4) is 0 Å². The highest BCUT2D eigenvalue weighted by Crippen LogP contribution is 2.57.